The predicted molar refractivity (Wildman–Crippen MR) is 92.9 cm³/mol. The molecule has 2 rings (SSSR count). The highest BCUT2D eigenvalue weighted by molar-refractivity contribution is 5.92. The molecule has 1 heterocycles. The first-order valence-electron chi connectivity index (χ1n) is 7.89. The van der Waals surface area contributed by atoms with Crippen LogP contribution in [0.25, 0.3) is 0 Å². The maximum atomic E-state index is 11.6. The van der Waals surface area contributed by atoms with Gasteiger partial charge in [-0.1, -0.05) is 44.2 Å². The minimum absolute atomic E-state index is 0.157. The number of ether oxygens (including phenoxy) is 1. The fraction of sp³-hybridized carbons (Fsp3) is 0.278. The molecule has 6 heteroatoms. The number of amides is 2. The predicted octanol–water partition coefficient (Wildman–Crippen LogP) is 3.36. The highest BCUT2D eigenvalue weighted by Gasteiger charge is 2.09. The van der Waals surface area contributed by atoms with Gasteiger partial charge in [0.15, 0.2) is 0 Å². The van der Waals surface area contributed by atoms with E-state index in [1.165, 1.54) is 0 Å². The van der Waals surface area contributed by atoms with Crippen molar-refractivity contribution in [3.63, 3.8) is 0 Å². The second kappa shape index (κ2) is 8.67. The highest BCUT2D eigenvalue weighted by Crippen LogP contribution is 2.22. The molecule has 0 aliphatic carbocycles. The van der Waals surface area contributed by atoms with Crippen LogP contribution >= 0.6 is 0 Å². The molecular weight excluding hydrogens is 306 g/mol. The number of nitrogens with one attached hydrogen (secondary N) is 2. The van der Waals surface area contributed by atoms with E-state index in [2.05, 4.69) is 15.6 Å². The molecule has 1 aromatic heterocycles. The monoisotopic (exact) mass is 327 g/mol. The highest BCUT2D eigenvalue weighted by atomic mass is 16.5. The summed E-state index contributed by atoms with van der Waals surface area (Å²) in [6.07, 6.45) is 0.681. The number of rotatable bonds is 7. The van der Waals surface area contributed by atoms with Crippen molar-refractivity contribution in [2.24, 2.45) is 0 Å². The van der Waals surface area contributed by atoms with E-state index in [1.807, 2.05) is 30.3 Å². The van der Waals surface area contributed by atoms with Gasteiger partial charge in [0.25, 0.3) is 0 Å². The van der Waals surface area contributed by atoms with Gasteiger partial charge in [-0.25, -0.2) is 4.98 Å². The lowest BCUT2D eigenvalue weighted by Crippen LogP contribution is -2.14. The van der Waals surface area contributed by atoms with Gasteiger partial charge in [0.2, 0.25) is 11.8 Å². The average Bonchev–Trinajstić information content (AvgIpc) is 2.60. The number of aromatic nitrogens is 1. The zero-order valence-electron chi connectivity index (χ0n) is 13.8. The first-order valence-corrected chi connectivity index (χ1v) is 7.89. The standard InChI is InChI=1S/C18H21N3O3/c1-3-17(22)20-15-10-14(11-16(19-15)21-18(23)4-2)24-12-13-8-6-5-7-9-13/h5-11H,3-4,12H2,1-2H3,(H2,19,20,21,22,23). The molecule has 0 saturated carbocycles. The molecule has 0 spiro atoms. The molecule has 1 aromatic carbocycles. The van der Waals surface area contributed by atoms with Gasteiger partial charge in [0.05, 0.1) is 0 Å². The number of nitrogens with zero attached hydrogens (tertiary/aromatic N) is 1. The van der Waals surface area contributed by atoms with Gasteiger partial charge in [-0.15, -0.1) is 0 Å². The minimum Gasteiger partial charge on any atom is -0.489 e. The van der Waals surface area contributed by atoms with Crippen molar-refractivity contribution in [2.45, 2.75) is 33.3 Å². The number of benzene rings is 1. The van der Waals surface area contributed by atoms with Crippen molar-refractivity contribution in [2.75, 3.05) is 10.6 Å². The minimum atomic E-state index is -0.157. The lowest BCUT2D eigenvalue weighted by molar-refractivity contribution is -0.116. The van der Waals surface area contributed by atoms with Gasteiger partial charge in [0.1, 0.15) is 24.0 Å². The molecule has 0 radical (unpaired) electrons. The van der Waals surface area contributed by atoms with Crippen LogP contribution in [0.5, 0.6) is 5.75 Å². The maximum absolute atomic E-state index is 11.6. The zero-order valence-corrected chi connectivity index (χ0v) is 13.8. The third-order valence-electron chi connectivity index (χ3n) is 3.22. The van der Waals surface area contributed by atoms with Crippen LogP contribution in [0.2, 0.25) is 0 Å². The molecule has 126 valence electrons. The average molecular weight is 327 g/mol. The van der Waals surface area contributed by atoms with E-state index in [0.29, 0.717) is 36.8 Å². The molecule has 0 aliphatic rings. The summed E-state index contributed by atoms with van der Waals surface area (Å²) in [5, 5.41) is 5.36. The van der Waals surface area contributed by atoms with Crippen LogP contribution in [0.1, 0.15) is 32.3 Å². The van der Waals surface area contributed by atoms with Crippen molar-refractivity contribution < 1.29 is 14.3 Å². The Hall–Kier alpha value is -2.89. The smallest absolute Gasteiger partial charge is 0.225 e. The third kappa shape index (κ3) is 5.39. The van der Waals surface area contributed by atoms with Gasteiger partial charge in [-0.05, 0) is 5.56 Å². The molecule has 24 heavy (non-hydrogen) atoms. The van der Waals surface area contributed by atoms with Crippen LogP contribution in [0, 0.1) is 0 Å². The molecule has 0 aliphatic heterocycles. The molecule has 2 amide bonds. The summed E-state index contributed by atoms with van der Waals surface area (Å²) in [5.41, 5.74) is 1.02. The second-order valence-corrected chi connectivity index (χ2v) is 5.15. The maximum Gasteiger partial charge on any atom is 0.225 e. The van der Waals surface area contributed by atoms with E-state index in [-0.39, 0.29) is 11.8 Å². The van der Waals surface area contributed by atoms with Crippen molar-refractivity contribution >= 4 is 23.5 Å². The van der Waals surface area contributed by atoms with Gasteiger partial charge in [-0.3, -0.25) is 9.59 Å². The summed E-state index contributed by atoms with van der Waals surface area (Å²) >= 11 is 0. The van der Waals surface area contributed by atoms with E-state index in [4.69, 9.17) is 4.74 Å². The van der Waals surface area contributed by atoms with E-state index >= 15 is 0 Å². The molecule has 2 aromatic rings. The molecule has 0 unspecified atom stereocenters. The number of hydrogen-bond donors (Lipinski definition) is 2. The van der Waals surface area contributed by atoms with Crippen molar-refractivity contribution in [3.8, 4) is 5.75 Å². The molecule has 0 saturated heterocycles. The SMILES string of the molecule is CCC(=O)Nc1cc(OCc2ccccc2)cc(NC(=O)CC)n1. The number of carbonyl (C=O) groups excluding carboxylic acids is 2. The Kier molecular flexibility index (Phi) is 6.31. The van der Waals surface area contributed by atoms with Crippen LogP contribution in [0.4, 0.5) is 11.6 Å². The van der Waals surface area contributed by atoms with E-state index in [1.54, 1.807) is 26.0 Å². The lowest BCUT2D eigenvalue weighted by Gasteiger charge is -2.12. The van der Waals surface area contributed by atoms with Gasteiger partial charge >= 0.3 is 0 Å². The molecule has 6 nitrogen and oxygen atoms in total. The summed E-state index contributed by atoms with van der Waals surface area (Å²) in [4.78, 5) is 27.4. The first kappa shape index (κ1) is 17.5. The van der Waals surface area contributed by atoms with Crippen molar-refractivity contribution in [1.82, 2.24) is 4.98 Å². The Morgan fingerprint density at radius 2 is 1.50 bits per heavy atom. The number of pyridine rings is 1. The Morgan fingerprint density at radius 3 is 2.00 bits per heavy atom. The largest absolute Gasteiger partial charge is 0.489 e. The van der Waals surface area contributed by atoms with Crippen LogP contribution < -0.4 is 15.4 Å². The number of carbonyl (C=O) groups is 2. The topological polar surface area (TPSA) is 80.3 Å². The van der Waals surface area contributed by atoms with Crippen LogP contribution in [0.15, 0.2) is 42.5 Å². The van der Waals surface area contributed by atoms with Gasteiger partial charge in [-0.2, -0.15) is 0 Å². The van der Waals surface area contributed by atoms with Gasteiger partial charge in [0, 0.05) is 25.0 Å². The fourth-order valence-corrected chi connectivity index (χ4v) is 1.92. The van der Waals surface area contributed by atoms with Crippen molar-refractivity contribution in [3.05, 3.63) is 48.0 Å². The summed E-state index contributed by atoms with van der Waals surface area (Å²) < 4.78 is 5.76. The molecule has 0 fully saturated rings. The molecule has 2 N–H and O–H groups in total. The summed E-state index contributed by atoms with van der Waals surface area (Å²) in [5.74, 6) is 0.898. The molecule has 0 atom stereocenters. The first-order chi connectivity index (χ1) is 11.6. The van der Waals surface area contributed by atoms with Gasteiger partial charge < -0.3 is 15.4 Å². The van der Waals surface area contributed by atoms with Crippen LogP contribution in [0.3, 0.4) is 0 Å². The van der Waals surface area contributed by atoms with E-state index in [9.17, 15) is 9.59 Å². The third-order valence-corrected chi connectivity index (χ3v) is 3.22. The Labute approximate surface area is 141 Å². The number of anilines is 2. The van der Waals surface area contributed by atoms with Crippen LogP contribution in [-0.2, 0) is 16.2 Å². The Bertz CT molecular complexity index is 666. The lowest BCUT2D eigenvalue weighted by atomic mass is 10.2. The Balaban J connectivity index is 2.17. The fourth-order valence-electron chi connectivity index (χ4n) is 1.92. The second-order valence-electron chi connectivity index (χ2n) is 5.15. The van der Waals surface area contributed by atoms with Crippen LogP contribution in [-0.4, -0.2) is 16.8 Å². The summed E-state index contributed by atoms with van der Waals surface area (Å²) in [6, 6.07) is 13.0. The number of hydrogen-bond acceptors (Lipinski definition) is 4. The molecular formula is C18H21N3O3. The zero-order chi connectivity index (χ0) is 17.4. The van der Waals surface area contributed by atoms with E-state index in [0.717, 1.165) is 5.56 Å². The normalized spacial score (nSPS) is 10.1. The quantitative estimate of drug-likeness (QED) is 0.817. The Morgan fingerprint density at radius 1 is 0.958 bits per heavy atom. The summed E-state index contributed by atoms with van der Waals surface area (Å²) in [6.45, 7) is 3.89. The summed E-state index contributed by atoms with van der Waals surface area (Å²) in [7, 11) is 0. The molecule has 0 bridgehead atoms. The van der Waals surface area contributed by atoms with E-state index < -0.39 is 0 Å². The van der Waals surface area contributed by atoms with Crippen molar-refractivity contribution in [1.29, 1.82) is 0 Å².